The number of pyridine rings is 1. The van der Waals surface area contributed by atoms with Crippen LogP contribution < -0.4 is 26.0 Å². The van der Waals surface area contributed by atoms with E-state index in [9.17, 15) is 33.5 Å². The van der Waals surface area contributed by atoms with E-state index in [0.717, 1.165) is 107 Å². The van der Waals surface area contributed by atoms with Gasteiger partial charge in [0.15, 0.2) is 10.8 Å². The van der Waals surface area contributed by atoms with Gasteiger partial charge in [0.1, 0.15) is 23.9 Å². The van der Waals surface area contributed by atoms with Crippen LogP contribution in [0.25, 0.3) is 31.8 Å². The maximum Gasteiger partial charge on any atom is 0.411 e. The Morgan fingerprint density at radius 2 is 1.64 bits per heavy atom. The van der Waals surface area contributed by atoms with E-state index in [0.29, 0.717) is 35.3 Å². The van der Waals surface area contributed by atoms with E-state index in [1.165, 1.54) is 34.0 Å². The molecule has 16 nitrogen and oxygen atoms in total. The third-order valence-corrected chi connectivity index (χ3v) is 16.0. The number of alkyl halides is 1. The van der Waals surface area contributed by atoms with Gasteiger partial charge in [0.05, 0.1) is 50.4 Å². The number of anilines is 2. The molecule has 0 spiro atoms. The molecule has 4 heterocycles. The van der Waals surface area contributed by atoms with Gasteiger partial charge in [0.2, 0.25) is 17.7 Å². The number of hydrogen-bond acceptors (Lipinski definition) is 13. The fraction of sp³-hybridized carbons (Fsp3) is 0.527. The van der Waals surface area contributed by atoms with Crippen LogP contribution in [0.15, 0.2) is 54.2 Å². The molecule has 19 heteroatoms. The topological polar surface area (TPSA) is 214 Å². The summed E-state index contributed by atoms with van der Waals surface area (Å²) in [5.41, 5.74) is 5.45. The molecular formula is C55H69FN8O8S2. The number of carbonyl (C=O) groups is 5. The second kappa shape index (κ2) is 24.1. The minimum atomic E-state index is -1.97. The average Bonchev–Trinajstić information content (AvgIpc) is 3.61. The second-order valence-corrected chi connectivity index (χ2v) is 22.9. The zero-order chi connectivity index (χ0) is 52.6. The van der Waals surface area contributed by atoms with Crippen LogP contribution in [0.3, 0.4) is 0 Å². The number of ether oxygens (including phenoxy) is 2. The molecule has 1 aliphatic heterocycles. The molecule has 5 amide bonds. The van der Waals surface area contributed by atoms with Crippen molar-refractivity contribution in [1.82, 2.24) is 30.5 Å². The zero-order valence-electron chi connectivity index (χ0n) is 43.0. The number of carbonyl (C=O) groups excluding carboxylic acids is 5. The van der Waals surface area contributed by atoms with Crippen molar-refractivity contribution >= 4 is 73.4 Å². The molecule has 3 aliphatic rings. The first-order chi connectivity index (χ1) is 35.4. The summed E-state index contributed by atoms with van der Waals surface area (Å²) in [6, 6.07) is 11.5. The smallest absolute Gasteiger partial charge is 0.411 e. The third kappa shape index (κ3) is 14.0. The van der Waals surface area contributed by atoms with Gasteiger partial charge >= 0.3 is 6.09 Å². The van der Waals surface area contributed by atoms with Crippen molar-refractivity contribution in [3.63, 3.8) is 0 Å². The van der Waals surface area contributed by atoms with Gasteiger partial charge in [-0.05, 0) is 106 Å². The highest BCUT2D eigenvalue weighted by Crippen LogP contribution is 2.41. The first kappa shape index (κ1) is 54.2. The summed E-state index contributed by atoms with van der Waals surface area (Å²) >= 11 is 2.94. The average molecular weight is 1050 g/mol. The van der Waals surface area contributed by atoms with Gasteiger partial charge in [-0.2, -0.15) is 0 Å². The number of aromatic nitrogens is 3. The number of nitrogens with zero attached hydrogens (tertiary/aromatic N) is 4. The zero-order valence-corrected chi connectivity index (χ0v) is 44.7. The Labute approximate surface area is 440 Å². The van der Waals surface area contributed by atoms with E-state index in [-0.39, 0.29) is 44.4 Å². The predicted molar refractivity (Wildman–Crippen MR) is 286 cm³/mol. The molecule has 0 bridgehead atoms. The summed E-state index contributed by atoms with van der Waals surface area (Å²) in [6.07, 6.45) is 11.4. The van der Waals surface area contributed by atoms with E-state index in [4.69, 9.17) is 9.47 Å². The fourth-order valence-corrected chi connectivity index (χ4v) is 11.2. The molecule has 2 aliphatic carbocycles. The standard InChI is InChI=1S/C55H69FN8O8S2/c1-33-42(61-53(70)72-40-15-11-10-12-16-40)25-38(30-57-33)35-20-21-41-45(27-35)74-52(60-41)62-46(66)17-13-8-6-7-9-14-24-71-44-26-36(47-34(2)59-32-73-47)18-19-37(44)29-58-49(67)43-28-39(65)31-64(43)50(68)48(54(3,4)5)63-51(69)55(56)22-23-55/h18-21,25-27,30,32,39-40,43,48,65H,6-17,22-24,28-29,31H2,1-5H3,(H,58,67)(H,61,70)(H,63,69)(H,60,62,66)/t39-,43+,48-/m1/s1. The van der Waals surface area contributed by atoms with Crippen molar-refractivity contribution < 1.29 is 42.9 Å². The molecule has 1 saturated heterocycles. The van der Waals surface area contributed by atoms with Crippen molar-refractivity contribution in [3.05, 3.63) is 71.1 Å². The Morgan fingerprint density at radius 1 is 0.892 bits per heavy atom. The molecule has 0 radical (unpaired) electrons. The van der Waals surface area contributed by atoms with Gasteiger partial charge in [-0.1, -0.05) is 82.4 Å². The first-order valence-corrected chi connectivity index (χ1v) is 27.7. The number of benzene rings is 2. The molecule has 396 valence electrons. The Bertz CT molecular complexity index is 2820. The van der Waals surface area contributed by atoms with Crippen LogP contribution in [-0.2, 0) is 30.5 Å². The maximum absolute atomic E-state index is 14.7. The Balaban J connectivity index is 0.775. The largest absolute Gasteiger partial charge is 0.493 e. The minimum Gasteiger partial charge on any atom is -0.493 e. The lowest BCUT2D eigenvalue weighted by molar-refractivity contribution is -0.145. The summed E-state index contributed by atoms with van der Waals surface area (Å²) in [5, 5.41) is 22.6. The Hall–Kier alpha value is -6.05. The SMILES string of the molecule is Cc1ncc(-c2ccc3nc(NC(=O)CCCCCCCCOc4cc(-c5scnc5C)ccc4CNC(=O)[C@@H]4C[C@@H](O)CN4C(=O)[C@@H](NC(=O)C4(F)CC4)C(C)(C)C)sc3c2)cc1NC(=O)OC1CCCCC1. The van der Waals surface area contributed by atoms with Gasteiger partial charge in [0.25, 0.3) is 5.91 Å². The highest BCUT2D eigenvalue weighted by Gasteiger charge is 2.53. The molecule has 5 aromatic rings. The summed E-state index contributed by atoms with van der Waals surface area (Å²) in [5.74, 6) is -1.28. The lowest BCUT2D eigenvalue weighted by Gasteiger charge is -2.35. The molecule has 5 N–H and O–H groups in total. The molecular weight excluding hydrogens is 984 g/mol. The molecule has 2 aromatic carbocycles. The number of rotatable bonds is 21. The van der Waals surface area contributed by atoms with Gasteiger partial charge in [-0.25, -0.2) is 19.2 Å². The number of likely N-dealkylation sites (tertiary alicyclic amines) is 1. The normalized spacial score (nSPS) is 17.9. The van der Waals surface area contributed by atoms with Gasteiger partial charge < -0.3 is 35.4 Å². The number of hydrogen-bond donors (Lipinski definition) is 5. The number of β-amino-alcohol motifs (C(OH)–C–C–N with tert-alkyl or cyclic N) is 1. The van der Waals surface area contributed by atoms with Crippen LogP contribution in [0.2, 0.25) is 0 Å². The molecule has 8 rings (SSSR count). The van der Waals surface area contributed by atoms with E-state index >= 15 is 0 Å². The number of halogens is 1. The van der Waals surface area contributed by atoms with Crippen molar-refractivity contribution in [3.8, 4) is 27.3 Å². The van der Waals surface area contributed by atoms with Crippen molar-refractivity contribution in [1.29, 1.82) is 0 Å². The summed E-state index contributed by atoms with van der Waals surface area (Å²) in [6.45, 7) is 9.56. The number of fused-ring (bicyclic) bond motifs is 1. The van der Waals surface area contributed by atoms with E-state index in [2.05, 4.69) is 36.2 Å². The number of unbranched alkanes of at least 4 members (excludes halogenated alkanes) is 5. The highest BCUT2D eigenvalue weighted by molar-refractivity contribution is 7.22. The van der Waals surface area contributed by atoms with Gasteiger partial charge in [-0.3, -0.25) is 29.5 Å². The number of aliphatic hydroxyl groups excluding tert-OH is 1. The monoisotopic (exact) mass is 1050 g/mol. The predicted octanol–water partition coefficient (Wildman–Crippen LogP) is 10.3. The Kier molecular flexibility index (Phi) is 17.6. The molecule has 2 saturated carbocycles. The van der Waals surface area contributed by atoms with Crippen molar-refractivity contribution in [2.24, 2.45) is 5.41 Å². The van der Waals surface area contributed by atoms with E-state index in [1.807, 2.05) is 56.3 Å². The molecule has 3 atom stereocenters. The molecule has 3 aromatic heterocycles. The van der Waals surface area contributed by atoms with Crippen LogP contribution in [0.1, 0.15) is 134 Å². The van der Waals surface area contributed by atoms with Crippen LogP contribution >= 0.6 is 22.7 Å². The van der Waals surface area contributed by atoms with E-state index in [1.54, 1.807) is 32.5 Å². The highest BCUT2D eigenvalue weighted by atomic mass is 32.1. The maximum atomic E-state index is 14.7. The number of aliphatic hydroxyl groups is 1. The summed E-state index contributed by atoms with van der Waals surface area (Å²) < 4.78 is 27.6. The van der Waals surface area contributed by atoms with Crippen LogP contribution in [0.4, 0.5) is 20.0 Å². The number of amides is 5. The second-order valence-electron chi connectivity index (χ2n) is 21.1. The lowest BCUT2D eigenvalue weighted by Crippen LogP contribution is -2.59. The summed E-state index contributed by atoms with van der Waals surface area (Å²) in [7, 11) is 0. The lowest BCUT2D eigenvalue weighted by atomic mass is 9.85. The van der Waals surface area contributed by atoms with Crippen LogP contribution in [0, 0.1) is 19.3 Å². The number of thiazole rings is 2. The van der Waals surface area contributed by atoms with Crippen LogP contribution in [-0.4, -0.2) is 97.8 Å². The van der Waals surface area contributed by atoms with Gasteiger partial charge in [-0.15, -0.1) is 11.3 Å². The van der Waals surface area contributed by atoms with Crippen molar-refractivity contribution in [2.75, 3.05) is 23.8 Å². The molecule has 74 heavy (non-hydrogen) atoms. The number of aryl methyl sites for hydroxylation is 2. The fourth-order valence-electron chi connectivity index (χ4n) is 9.48. The summed E-state index contributed by atoms with van der Waals surface area (Å²) in [4.78, 5) is 82.0. The molecule has 0 unspecified atom stereocenters. The van der Waals surface area contributed by atoms with Crippen molar-refractivity contribution in [2.45, 2.75) is 167 Å². The molecule has 3 fully saturated rings. The van der Waals surface area contributed by atoms with E-state index < -0.39 is 53.1 Å². The quantitative estimate of drug-likeness (QED) is 0.0436. The third-order valence-electron chi connectivity index (χ3n) is 14.1. The van der Waals surface area contributed by atoms with Crippen LogP contribution in [0.5, 0.6) is 5.75 Å². The Morgan fingerprint density at radius 3 is 2.36 bits per heavy atom. The minimum absolute atomic E-state index is 0.0265. The first-order valence-electron chi connectivity index (χ1n) is 26.0. The number of nitrogens with one attached hydrogen (secondary N) is 4. The van der Waals surface area contributed by atoms with Gasteiger partial charge in [0, 0.05) is 43.3 Å².